The van der Waals surface area contributed by atoms with Crippen molar-refractivity contribution in [2.24, 2.45) is 5.16 Å². The molecule has 0 spiro atoms. The van der Waals surface area contributed by atoms with E-state index in [2.05, 4.69) is 20.6 Å². The van der Waals surface area contributed by atoms with Crippen LogP contribution in [0.2, 0.25) is 0 Å². The van der Waals surface area contributed by atoms with E-state index in [1.54, 1.807) is 30.5 Å². The van der Waals surface area contributed by atoms with E-state index in [0.29, 0.717) is 21.1 Å². The van der Waals surface area contributed by atoms with Crippen molar-refractivity contribution in [3.05, 3.63) is 56.9 Å². The van der Waals surface area contributed by atoms with Crippen LogP contribution in [0.1, 0.15) is 11.4 Å². The predicted octanol–water partition coefficient (Wildman–Crippen LogP) is 0.457. The first-order valence-electron chi connectivity index (χ1n) is 10.2. The van der Waals surface area contributed by atoms with Crippen LogP contribution in [-0.4, -0.2) is 67.9 Å². The Morgan fingerprint density at radius 1 is 1.47 bits per heavy atom. The Morgan fingerprint density at radius 3 is 2.89 bits per heavy atom. The fourth-order valence-electron chi connectivity index (χ4n) is 3.38. The van der Waals surface area contributed by atoms with Crippen molar-refractivity contribution in [1.82, 2.24) is 20.3 Å². The van der Waals surface area contributed by atoms with Crippen LogP contribution in [0.3, 0.4) is 0 Å². The summed E-state index contributed by atoms with van der Waals surface area (Å²) in [6.07, 6.45) is 1.57. The number of oxime groups is 1. The summed E-state index contributed by atoms with van der Waals surface area (Å²) in [5.41, 5.74) is 6.36. The molecule has 2 atom stereocenters. The number of β-lactam (4-membered cyclic amide) rings is 1. The largest absolute Gasteiger partial charge is 0.594 e. The van der Waals surface area contributed by atoms with Crippen LogP contribution in [0.4, 0.5) is 5.13 Å². The van der Waals surface area contributed by atoms with Gasteiger partial charge in [0.2, 0.25) is 5.69 Å². The molecular weight excluding hydrogens is 530 g/mol. The standard InChI is InChI=1S/C20H19N7O6S3/c1-9-3-4-12(24-27(9)32)34-6-5-10-7-35-18-14(17(29)26(18)15(10)19(30)31)23-16(28)13(25-33-2)11-8-36-20(21)22-11/h3-6,8,14,18H,7H2,1-2H3,(H2,21,22)(H,23,28)(H,30,31). The number of carboxylic acid groups (broad SMARTS) is 1. The lowest BCUT2D eigenvalue weighted by Crippen LogP contribution is -2.71. The number of carbonyl (C=O) groups excluding carboxylic acids is 2. The number of thiazole rings is 1. The molecule has 16 heteroatoms. The highest BCUT2D eigenvalue weighted by Gasteiger charge is 2.54. The lowest BCUT2D eigenvalue weighted by Gasteiger charge is -2.49. The number of carboxylic acids is 1. The Kier molecular flexibility index (Phi) is 7.46. The molecule has 13 nitrogen and oxygen atoms in total. The molecule has 36 heavy (non-hydrogen) atoms. The highest BCUT2D eigenvalue weighted by molar-refractivity contribution is 8.02. The Labute approximate surface area is 216 Å². The SMILES string of the molecule is CON=C(C(=O)NC1C(=O)N2C(C(=O)O)=C(C=CSc3ccc(C)[n+]([O-])n3)CSC12)c1csc(N)n1. The zero-order valence-corrected chi connectivity index (χ0v) is 21.2. The van der Waals surface area contributed by atoms with Gasteiger partial charge in [0.15, 0.2) is 15.9 Å². The fourth-order valence-corrected chi connectivity index (χ4v) is 5.88. The van der Waals surface area contributed by atoms with Gasteiger partial charge in [-0.05, 0) is 23.1 Å². The lowest BCUT2D eigenvalue weighted by molar-refractivity contribution is -0.679. The van der Waals surface area contributed by atoms with Crippen LogP contribution in [0.25, 0.3) is 0 Å². The van der Waals surface area contributed by atoms with Crippen LogP contribution < -0.4 is 15.9 Å². The van der Waals surface area contributed by atoms with Crippen molar-refractivity contribution < 1.29 is 29.2 Å². The van der Waals surface area contributed by atoms with E-state index in [-0.39, 0.29) is 28.0 Å². The number of carbonyl (C=O) groups is 3. The molecule has 188 valence electrons. The first-order valence-corrected chi connectivity index (χ1v) is 13.0. The first-order chi connectivity index (χ1) is 17.2. The number of thioether (sulfide) groups is 2. The third kappa shape index (κ3) is 5.00. The smallest absolute Gasteiger partial charge is 0.352 e. The van der Waals surface area contributed by atoms with E-state index in [9.17, 15) is 24.7 Å². The van der Waals surface area contributed by atoms with E-state index in [4.69, 9.17) is 10.6 Å². The number of nitrogens with one attached hydrogen (secondary N) is 1. The Balaban J connectivity index is 1.49. The molecule has 2 aliphatic heterocycles. The number of fused-ring (bicyclic) bond motifs is 1. The average molecular weight is 550 g/mol. The first kappa shape index (κ1) is 25.5. The van der Waals surface area contributed by atoms with E-state index in [0.717, 1.165) is 28.0 Å². The molecule has 0 aliphatic carbocycles. The quantitative estimate of drug-likeness (QED) is 0.104. The van der Waals surface area contributed by atoms with Crippen molar-refractivity contribution in [3.63, 3.8) is 0 Å². The van der Waals surface area contributed by atoms with Crippen molar-refractivity contribution in [1.29, 1.82) is 0 Å². The molecule has 2 aliphatic rings. The molecule has 4 N–H and O–H groups in total. The molecule has 0 aromatic carbocycles. The monoisotopic (exact) mass is 549 g/mol. The number of amides is 2. The number of aryl methyl sites for hydroxylation is 1. The third-order valence-corrected chi connectivity index (χ3v) is 7.77. The second kappa shape index (κ2) is 10.5. The van der Waals surface area contributed by atoms with E-state index >= 15 is 0 Å². The molecular formula is C20H19N7O6S3. The predicted molar refractivity (Wildman–Crippen MR) is 133 cm³/mol. The number of nitrogens with zero attached hydrogens (tertiary/aromatic N) is 5. The normalized spacial score (nSPS) is 19.8. The maximum atomic E-state index is 12.9. The molecule has 0 saturated carbocycles. The average Bonchev–Trinajstić information content (AvgIpc) is 3.28. The molecule has 2 aromatic heterocycles. The van der Waals surface area contributed by atoms with Gasteiger partial charge in [-0.2, -0.15) is 0 Å². The number of allylic oxidation sites excluding steroid dienone is 1. The second-order valence-electron chi connectivity index (χ2n) is 7.34. The highest BCUT2D eigenvalue weighted by Crippen LogP contribution is 2.41. The van der Waals surface area contributed by atoms with Gasteiger partial charge in [-0.3, -0.25) is 14.5 Å². The van der Waals surface area contributed by atoms with Gasteiger partial charge >= 0.3 is 5.97 Å². The van der Waals surface area contributed by atoms with Gasteiger partial charge in [-0.25, -0.2) is 9.78 Å². The zero-order valence-electron chi connectivity index (χ0n) is 18.8. The Hall–Kier alpha value is -3.63. The van der Waals surface area contributed by atoms with E-state index in [1.807, 2.05) is 0 Å². The summed E-state index contributed by atoms with van der Waals surface area (Å²) >= 11 is 3.56. The molecule has 1 saturated heterocycles. The van der Waals surface area contributed by atoms with Crippen LogP contribution >= 0.6 is 34.9 Å². The van der Waals surface area contributed by atoms with Crippen LogP contribution in [0, 0.1) is 12.1 Å². The summed E-state index contributed by atoms with van der Waals surface area (Å²) in [5.74, 6) is -2.26. The summed E-state index contributed by atoms with van der Waals surface area (Å²) in [6.45, 7) is 1.63. The number of hydrogen-bond acceptors (Lipinski definition) is 12. The number of aromatic nitrogens is 3. The van der Waals surface area contributed by atoms with Gasteiger partial charge in [-0.1, -0.05) is 21.8 Å². The molecule has 2 aromatic rings. The maximum Gasteiger partial charge on any atom is 0.352 e. The summed E-state index contributed by atoms with van der Waals surface area (Å²) < 4.78 is 0. The highest BCUT2D eigenvalue weighted by atomic mass is 32.2. The van der Waals surface area contributed by atoms with Crippen LogP contribution in [0.15, 0.2) is 50.4 Å². The number of hydrogen-bond donors (Lipinski definition) is 3. The van der Waals surface area contributed by atoms with E-state index < -0.39 is 29.2 Å². The topological polar surface area (TPSA) is 187 Å². The molecule has 1 fully saturated rings. The zero-order chi connectivity index (χ0) is 26.0. The van der Waals surface area contributed by atoms with Crippen molar-refractivity contribution in [2.75, 3.05) is 18.6 Å². The fraction of sp³-hybridized carbons (Fsp3) is 0.250. The lowest BCUT2D eigenvalue weighted by atomic mass is 10.0. The summed E-state index contributed by atoms with van der Waals surface area (Å²) in [4.78, 5) is 48.1. The number of aliphatic carboxylic acids is 1. The minimum absolute atomic E-state index is 0.156. The maximum absolute atomic E-state index is 12.9. The summed E-state index contributed by atoms with van der Waals surface area (Å²) in [5, 5.41) is 34.7. The minimum atomic E-state index is -1.27. The molecule has 2 unspecified atom stereocenters. The van der Waals surface area contributed by atoms with Gasteiger partial charge in [0.1, 0.15) is 29.9 Å². The second-order valence-corrected chi connectivity index (χ2v) is 10.3. The molecule has 2 amide bonds. The third-order valence-electron chi connectivity index (χ3n) is 5.07. The van der Waals surface area contributed by atoms with Crippen molar-refractivity contribution in [2.45, 2.75) is 23.4 Å². The van der Waals surface area contributed by atoms with Crippen LogP contribution in [-0.2, 0) is 19.2 Å². The molecule has 4 heterocycles. The number of nitrogens with two attached hydrogens (primary N) is 1. The Morgan fingerprint density at radius 2 is 2.25 bits per heavy atom. The molecule has 0 radical (unpaired) electrons. The van der Waals surface area contributed by atoms with Gasteiger partial charge in [0.05, 0.1) is 0 Å². The van der Waals surface area contributed by atoms with Gasteiger partial charge in [0.25, 0.3) is 11.8 Å². The molecule has 4 rings (SSSR count). The molecule has 0 bridgehead atoms. The van der Waals surface area contributed by atoms with E-state index in [1.165, 1.54) is 24.3 Å². The van der Waals surface area contributed by atoms with Crippen LogP contribution in [0.5, 0.6) is 0 Å². The summed E-state index contributed by atoms with van der Waals surface area (Å²) in [6, 6.07) is 2.34. The number of anilines is 1. The Bertz CT molecular complexity index is 1320. The number of nitrogen functional groups attached to an aromatic ring is 1. The van der Waals surface area contributed by atoms with Gasteiger partial charge < -0.3 is 26.2 Å². The summed E-state index contributed by atoms with van der Waals surface area (Å²) in [7, 11) is 1.26. The minimum Gasteiger partial charge on any atom is -0.594 e. The van der Waals surface area contributed by atoms with Crippen molar-refractivity contribution in [3.8, 4) is 0 Å². The van der Waals surface area contributed by atoms with Crippen molar-refractivity contribution >= 4 is 63.5 Å². The van der Waals surface area contributed by atoms with Gasteiger partial charge in [-0.15, -0.1) is 23.1 Å². The van der Waals surface area contributed by atoms with Gasteiger partial charge in [0, 0.05) is 29.2 Å². The number of rotatable bonds is 8.